The van der Waals surface area contributed by atoms with Crippen molar-refractivity contribution in [1.82, 2.24) is 10.6 Å². The zero-order valence-corrected chi connectivity index (χ0v) is 13.0. The molecule has 1 heterocycles. The molecule has 3 aliphatic rings. The molecule has 120 valence electrons. The Labute approximate surface area is 128 Å². The molecular formula is C17H30N2O2. The highest BCUT2D eigenvalue weighted by molar-refractivity contribution is 5.81. The van der Waals surface area contributed by atoms with Gasteiger partial charge in [-0.1, -0.05) is 19.3 Å². The first-order valence-electron chi connectivity index (χ1n) is 8.94. The predicted molar refractivity (Wildman–Crippen MR) is 82.9 cm³/mol. The second-order valence-electron chi connectivity index (χ2n) is 7.38. The Morgan fingerprint density at radius 2 is 1.90 bits per heavy atom. The molecule has 21 heavy (non-hydrogen) atoms. The van der Waals surface area contributed by atoms with Crippen LogP contribution in [0.25, 0.3) is 0 Å². The Morgan fingerprint density at radius 3 is 2.76 bits per heavy atom. The van der Waals surface area contributed by atoms with Gasteiger partial charge in [0.1, 0.15) is 0 Å². The minimum absolute atomic E-state index is 0.0119. The summed E-state index contributed by atoms with van der Waals surface area (Å²) in [6.07, 6.45) is 11.3. The number of fused-ring (bicyclic) bond motifs is 1. The number of hydrogen-bond donors (Lipinski definition) is 3. The molecule has 3 rings (SSSR count). The third-order valence-electron chi connectivity index (χ3n) is 5.79. The Hall–Kier alpha value is -0.610. The highest BCUT2D eigenvalue weighted by atomic mass is 16.3. The van der Waals surface area contributed by atoms with Gasteiger partial charge in [0.2, 0.25) is 5.91 Å². The monoisotopic (exact) mass is 294 g/mol. The quantitative estimate of drug-likeness (QED) is 0.746. The fourth-order valence-electron chi connectivity index (χ4n) is 4.52. The van der Waals surface area contributed by atoms with Gasteiger partial charge in [-0.2, -0.15) is 0 Å². The number of amides is 1. The number of piperidine rings is 1. The Balaban J connectivity index is 1.43. The summed E-state index contributed by atoms with van der Waals surface area (Å²) in [5.74, 6) is 1.44. The summed E-state index contributed by atoms with van der Waals surface area (Å²) in [5, 5.41) is 16.4. The van der Waals surface area contributed by atoms with E-state index in [1.165, 1.54) is 32.1 Å². The SMILES string of the molecule is O=C(NCC1CCCC(O)C1)C1CCC2CCCCC2N1. The Bertz CT molecular complexity index is 361. The summed E-state index contributed by atoms with van der Waals surface area (Å²) in [4.78, 5) is 12.4. The van der Waals surface area contributed by atoms with Crippen molar-refractivity contribution in [2.24, 2.45) is 11.8 Å². The molecular weight excluding hydrogens is 264 g/mol. The van der Waals surface area contributed by atoms with Crippen LogP contribution in [0.2, 0.25) is 0 Å². The average Bonchev–Trinajstić information content (AvgIpc) is 2.52. The summed E-state index contributed by atoms with van der Waals surface area (Å²) in [6.45, 7) is 0.738. The number of hydrogen-bond acceptors (Lipinski definition) is 3. The molecule has 4 nitrogen and oxygen atoms in total. The molecule has 0 aromatic heterocycles. The van der Waals surface area contributed by atoms with Gasteiger partial charge in [0.05, 0.1) is 12.1 Å². The van der Waals surface area contributed by atoms with Crippen molar-refractivity contribution in [3.8, 4) is 0 Å². The first-order chi connectivity index (χ1) is 10.2. The zero-order valence-electron chi connectivity index (χ0n) is 13.0. The molecule has 1 aliphatic heterocycles. The van der Waals surface area contributed by atoms with E-state index in [9.17, 15) is 9.90 Å². The number of carbonyl (C=O) groups excluding carboxylic acids is 1. The molecule has 5 atom stereocenters. The molecule has 2 aliphatic carbocycles. The third-order valence-corrected chi connectivity index (χ3v) is 5.79. The van der Waals surface area contributed by atoms with Gasteiger partial charge in [-0.05, 0) is 56.8 Å². The maximum absolute atomic E-state index is 12.4. The maximum Gasteiger partial charge on any atom is 0.237 e. The highest BCUT2D eigenvalue weighted by Crippen LogP contribution is 2.32. The minimum Gasteiger partial charge on any atom is -0.393 e. The van der Waals surface area contributed by atoms with Crippen LogP contribution in [-0.2, 0) is 4.79 Å². The van der Waals surface area contributed by atoms with E-state index in [1.807, 2.05) is 0 Å². The number of rotatable bonds is 3. The third kappa shape index (κ3) is 3.98. The lowest BCUT2D eigenvalue weighted by Gasteiger charge is -2.40. The number of nitrogens with one attached hydrogen (secondary N) is 2. The molecule has 2 saturated carbocycles. The lowest BCUT2D eigenvalue weighted by atomic mass is 9.77. The van der Waals surface area contributed by atoms with Crippen molar-refractivity contribution in [3.05, 3.63) is 0 Å². The molecule has 0 aromatic carbocycles. The predicted octanol–water partition coefficient (Wildman–Crippen LogP) is 1.96. The average molecular weight is 294 g/mol. The van der Waals surface area contributed by atoms with E-state index in [2.05, 4.69) is 10.6 Å². The number of aliphatic hydroxyl groups excluding tert-OH is 1. The van der Waals surface area contributed by atoms with Crippen molar-refractivity contribution in [2.45, 2.75) is 82.4 Å². The van der Waals surface area contributed by atoms with E-state index in [0.717, 1.165) is 44.6 Å². The molecule has 4 heteroatoms. The van der Waals surface area contributed by atoms with Crippen molar-refractivity contribution < 1.29 is 9.90 Å². The van der Waals surface area contributed by atoms with Crippen LogP contribution < -0.4 is 10.6 Å². The van der Waals surface area contributed by atoms with Gasteiger partial charge in [-0.15, -0.1) is 0 Å². The van der Waals surface area contributed by atoms with E-state index >= 15 is 0 Å². The normalized spacial score (nSPS) is 40.3. The van der Waals surface area contributed by atoms with Crippen molar-refractivity contribution in [2.75, 3.05) is 6.54 Å². The second-order valence-corrected chi connectivity index (χ2v) is 7.38. The van der Waals surface area contributed by atoms with Crippen LogP contribution >= 0.6 is 0 Å². The lowest BCUT2D eigenvalue weighted by molar-refractivity contribution is -0.124. The maximum atomic E-state index is 12.4. The van der Waals surface area contributed by atoms with Gasteiger partial charge in [0, 0.05) is 12.6 Å². The van der Waals surface area contributed by atoms with E-state index in [1.54, 1.807) is 0 Å². The summed E-state index contributed by atoms with van der Waals surface area (Å²) in [7, 11) is 0. The molecule has 0 radical (unpaired) electrons. The van der Waals surface area contributed by atoms with Crippen LogP contribution in [0.3, 0.4) is 0 Å². The summed E-state index contributed by atoms with van der Waals surface area (Å²) < 4.78 is 0. The van der Waals surface area contributed by atoms with Gasteiger partial charge in [0.25, 0.3) is 0 Å². The highest BCUT2D eigenvalue weighted by Gasteiger charge is 2.34. The summed E-state index contributed by atoms with van der Waals surface area (Å²) in [5.41, 5.74) is 0. The summed E-state index contributed by atoms with van der Waals surface area (Å²) in [6, 6.07) is 0.581. The van der Waals surface area contributed by atoms with Crippen molar-refractivity contribution >= 4 is 5.91 Å². The fraction of sp³-hybridized carbons (Fsp3) is 0.941. The minimum atomic E-state index is -0.156. The lowest BCUT2D eigenvalue weighted by Crippen LogP contribution is -2.55. The molecule has 0 spiro atoms. The van der Waals surface area contributed by atoms with Crippen molar-refractivity contribution in [3.63, 3.8) is 0 Å². The number of carbonyl (C=O) groups is 1. The molecule has 1 saturated heterocycles. The zero-order chi connectivity index (χ0) is 14.7. The first-order valence-corrected chi connectivity index (χ1v) is 8.94. The van der Waals surface area contributed by atoms with Crippen LogP contribution in [0.5, 0.6) is 0 Å². The topological polar surface area (TPSA) is 61.4 Å². The van der Waals surface area contributed by atoms with Gasteiger partial charge < -0.3 is 15.7 Å². The van der Waals surface area contributed by atoms with Crippen molar-refractivity contribution in [1.29, 1.82) is 0 Å². The van der Waals surface area contributed by atoms with E-state index in [-0.39, 0.29) is 18.1 Å². The molecule has 0 bridgehead atoms. The van der Waals surface area contributed by atoms with Gasteiger partial charge >= 0.3 is 0 Å². The van der Waals surface area contributed by atoms with Crippen LogP contribution in [-0.4, -0.2) is 35.7 Å². The van der Waals surface area contributed by atoms with Crippen LogP contribution in [0.1, 0.15) is 64.2 Å². The largest absolute Gasteiger partial charge is 0.393 e. The molecule has 1 amide bonds. The fourth-order valence-corrected chi connectivity index (χ4v) is 4.52. The van der Waals surface area contributed by atoms with Crippen LogP contribution in [0, 0.1) is 11.8 Å². The molecule has 0 aromatic rings. The van der Waals surface area contributed by atoms with E-state index in [4.69, 9.17) is 0 Å². The van der Waals surface area contributed by atoms with Gasteiger partial charge in [-0.3, -0.25) is 4.79 Å². The summed E-state index contributed by atoms with van der Waals surface area (Å²) >= 11 is 0. The van der Waals surface area contributed by atoms with Crippen LogP contribution in [0.15, 0.2) is 0 Å². The Morgan fingerprint density at radius 1 is 1.05 bits per heavy atom. The molecule has 5 unspecified atom stereocenters. The van der Waals surface area contributed by atoms with E-state index < -0.39 is 0 Å². The van der Waals surface area contributed by atoms with Gasteiger partial charge in [-0.25, -0.2) is 0 Å². The van der Waals surface area contributed by atoms with Gasteiger partial charge in [0.15, 0.2) is 0 Å². The first kappa shape index (κ1) is 15.3. The standard InChI is InChI=1S/C17H30N2O2/c20-14-6-3-4-12(10-14)11-18-17(21)16-9-8-13-5-1-2-7-15(13)19-16/h12-16,19-20H,1-11H2,(H,18,21). The number of aliphatic hydroxyl groups is 1. The van der Waals surface area contributed by atoms with Crippen LogP contribution in [0.4, 0.5) is 0 Å². The molecule has 3 N–H and O–H groups in total. The van der Waals surface area contributed by atoms with E-state index in [0.29, 0.717) is 12.0 Å². The Kier molecular flexibility index (Phi) is 5.17. The molecule has 3 fully saturated rings. The smallest absolute Gasteiger partial charge is 0.237 e. The second kappa shape index (κ2) is 7.10.